The van der Waals surface area contributed by atoms with Gasteiger partial charge in [-0.15, -0.1) is 0 Å². The molecule has 1 amide bonds. The summed E-state index contributed by atoms with van der Waals surface area (Å²) in [4.78, 5) is 30.6. The fourth-order valence-electron chi connectivity index (χ4n) is 2.36. The van der Waals surface area contributed by atoms with Gasteiger partial charge in [-0.2, -0.15) is 0 Å². The van der Waals surface area contributed by atoms with Crippen molar-refractivity contribution in [1.29, 1.82) is 0 Å². The number of aromatic nitrogens is 2. The molecule has 0 spiro atoms. The average molecular weight is 368 g/mol. The van der Waals surface area contributed by atoms with Gasteiger partial charge in [0.15, 0.2) is 5.76 Å². The van der Waals surface area contributed by atoms with Gasteiger partial charge in [0.2, 0.25) is 11.6 Å². The molecule has 2 heterocycles. The number of amides is 1. The predicted molar refractivity (Wildman–Crippen MR) is 97.0 cm³/mol. The highest BCUT2D eigenvalue weighted by Crippen LogP contribution is 2.31. The zero-order valence-corrected chi connectivity index (χ0v) is 14.2. The number of nitrogens with zero attached hydrogens (tertiary/aromatic N) is 3. The molecule has 1 unspecified atom stereocenters. The van der Waals surface area contributed by atoms with Gasteiger partial charge in [0.25, 0.3) is 0 Å². The molecule has 0 aliphatic rings. The fraction of sp³-hybridized carbons (Fsp3) is 0.118. The summed E-state index contributed by atoms with van der Waals surface area (Å²) in [6, 6.07) is 12.2. The molecule has 0 saturated heterocycles. The Morgan fingerprint density at radius 2 is 1.89 bits per heavy atom. The number of hydrogen-bond donors (Lipinski definition) is 3. The van der Waals surface area contributed by atoms with Crippen molar-refractivity contribution < 1.29 is 14.1 Å². The first-order chi connectivity index (χ1) is 13.1. The fourth-order valence-corrected chi connectivity index (χ4v) is 2.36. The third-order valence-corrected chi connectivity index (χ3v) is 3.70. The van der Waals surface area contributed by atoms with Crippen LogP contribution in [-0.2, 0) is 0 Å². The summed E-state index contributed by atoms with van der Waals surface area (Å²) in [6.07, 6.45) is 2.50. The molecule has 0 aliphatic heterocycles. The average Bonchev–Trinajstić information content (AvgIpc) is 3.21. The van der Waals surface area contributed by atoms with Gasteiger partial charge in [-0.05, 0) is 24.6 Å². The topological polar surface area (TPSA) is 135 Å². The monoisotopic (exact) mass is 368 g/mol. The van der Waals surface area contributed by atoms with E-state index in [1.165, 1.54) is 12.3 Å². The van der Waals surface area contributed by atoms with Crippen LogP contribution in [0.25, 0.3) is 0 Å². The van der Waals surface area contributed by atoms with Crippen molar-refractivity contribution in [2.75, 3.05) is 10.7 Å². The number of carbonyl (C=O) groups excluding carboxylic acids is 1. The molecule has 1 atom stereocenters. The van der Waals surface area contributed by atoms with Crippen LogP contribution in [0.3, 0.4) is 0 Å². The number of rotatable bonds is 7. The maximum atomic E-state index is 11.9. The molecule has 0 aliphatic carbocycles. The Hall–Kier alpha value is -3.95. The molecule has 0 saturated carbocycles. The van der Waals surface area contributed by atoms with E-state index in [2.05, 4.69) is 26.1 Å². The lowest BCUT2D eigenvalue weighted by atomic mass is 10.1. The summed E-state index contributed by atoms with van der Waals surface area (Å²) < 4.78 is 4.96. The zero-order chi connectivity index (χ0) is 19.2. The standard InChI is InChI=1S/C17H16N6O4/c1-11(12-6-3-2-4-7-12)20-15-14(23(25)26)16(19-10-18-15)21-22-17(24)13-8-5-9-27-13/h2-11H,1H3,(H,22,24)(H2,18,19,20,21). The normalized spacial score (nSPS) is 11.4. The van der Waals surface area contributed by atoms with Crippen LogP contribution in [0.2, 0.25) is 0 Å². The second-order valence-electron chi connectivity index (χ2n) is 5.51. The van der Waals surface area contributed by atoms with Gasteiger partial charge in [0.05, 0.1) is 17.2 Å². The number of benzene rings is 1. The van der Waals surface area contributed by atoms with Crippen LogP contribution in [0.15, 0.2) is 59.5 Å². The number of carbonyl (C=O) groups is 1. The summed E-state index contributed by atoms with van der Waals surface area (Å²) >= 11 is 0. The molecule has 0 radical (unpaired) electrons. The predicted octanol–water partition coefficient (Wildman–Crippen LogP) is 2.91. The largest absolute Gasteiger partial charge is 0.459 e. The van der Waals surface area contributed by atoms with Crippen molar-refractivity contribution in [3.8, 4) is 0 Å². The van der Waals surface area contributed by atoms with E-state index in [0.717, 1.165) is 11.9 Å². The van der Waals surface area contributed by atoms with Gasteiger partial charge in [-0.3, -0.25) is 25.8 Å². The Morgan fingerprint density at radius 3 is 2.56 bits per heavy atom. The van der Waals surface area contributed by atoms with Crippen LogP contribution in [-0.4, -0.2) is 20.8 Å². The first-order valence-corrected chi connectivity index (χ1v) is 7.97. The van der Waals surface area contributed by atoms with Crippen molar-refractivity contribution in [2.24, 2.45) is 0 Å². The Bertz CT molecular complexity index is 930. The molecule has 0 bridgehead atoms. The zero-order valence-electron chi connectivity index (χ0n) is 14.2. The molecular weight excluding hydrogens is 352 g/mol. The Morgan fingerprint density at radius 1 is 1.15 bits per heavy atom. The van der Waals surface area contributed by atoms with Crippen molar-refractivity contribution in [2.45, 2.75) is 13.0 Å². The number of nitrogens with one attached hydrogen (secondary N) is 3. The molecule has 1 aromatic carbocycles. The molecule has 3 rings (SSSR count). The minimum absolute atomic E-state index is 0.0288. The molecular formula is C17H16N6O4. The minimum atomic E-state index is -0.624. The molecule has 0 fully saturated rings. The first kappa shape index (κ1) is 17.9. The van der Waals surface area contributed by atoms with E-state index >= 15 is 0 Å². The van der Waals surface area contributed by atoms with E-state index in [1.807, 2.05) is 37.3 Å². The van der Waals surface area contributed by atoms with Crippen LogP contribution < -0.4 is 16.2 Å². The van der Waals surface area contributed by atoms with Crippen LogP contribution in [0, 0.1) is 10.1 Å². The number of furan rings is 1. The van der Waals surface area contributed by atoms with Gasteiger partial charge in [-0.25, -0.2) is 9.97 Å². The van der Waals surface area contributed by atoms with Gasteiger partial charge < -0.3 is 9.73 Å². The van der Waals surface area contributed by atoms with E-state index in [4.69, 9.17) is 4.42 Å². The summed E-state index contributed by atoms with van der Waals surface area (Å²) in [5.74, 6) is -0.672. The quantitative estimate of drug-likeness (QED) is 0.428. The minimum Gasteiger partial charge on any atom is -0.459 e. The lowest BCUT2D eigenvalue weighted by molar-refractivity contribution is -0.383. The van der Waals surface area contributed by atoms with Gasteiger partial charge in [0, 0.05) is 0 Å². The second-order valence-corrected chi connectivity index (χ2v) is 5.51. The third kappa shape index (κ3) is 4.18. The Labute approximate surface area is 153 Å². The van der Waals surface area contributed by atoms with Gasteiger partial charge >= 0.3 is 11.6 Å². The van der Waals surface area contributed by atoms with E-state index in [1.54, 1.807) is 6.07 Å². The summed E-state index contributed by atoms with van der Waals surface area (Å²) in [5.41, 5.74) is 5.29. The maximum Gasteiger partial charge on any atom is 0.354 e. The summed E-state index contributed by atoms with van der Waals surface area (Å²) in [5, 5.41) is 14.5. The molecule has 2 aromatic heterocycles. The molecule has 27 heavy (non-hydrogen) atoms. The molecule has 10 nitrogen and oxygen atoms in total. The molecule has 3 N–H and O–H groups in total. The van der Waals surface area contributed by atoms with E-state index in [-0.39, 0.29) is 29.1 Å². The molecule has 3 aromatic rings. The van der Waals surface area contributed by atoms with E-state index in [9.17, 15) is 14.9 Å². The van der Waals surface area contributed by atoms with Crippen LogP contribution in [0.1, 0.15) is 29.1 Å². The highest BCUT2D eigenvalue weighted by molar-refractivity contribution is 5.92. The van der Waals surface area contributed by atoms with E-state index < -0.39 is 10.8 Å². The van der Waals surface area contributed by atoms with Gasteiger partial charge in [0.1, 0.15) is 6.33 Å². The molecule has 138 valence electrons. The number of hydrazine groups is 1. The Balaban J connectivity index is 1.80. The first-order valence-electron chi connectivity index (χ1n) is 7.97. The summed E-state index contributed by atoms with van der Waals surface area (Å²) in [6.45, 7) is 1.85. The highest BCUT2D eigenvalue weighted by Gasteiger charge is 2.25. The van der Waals surface area contributed by atoms with Crippen LogP contribution in [0.4, 0.5) is 17.3 Å². The summed E-state index contributed by atoms with van der Waals surface area (Å²) in [7, 11) is 0. The smallest absolute Gasteiger partial charge is 0.354 e. The molecule has 10 heteroatoms. The Kier molecular flexibility index (Phi) is 5.26. The van der Waals surface area contributed by atoms with Crippen molar-refractivity contribution in [3.05, 3.63) is 76.5 Å². The lowest BCUT2D eigenvalue weighted by Gasteiger charge is -2.15. The van der Waals surface area contributed by atoms with Gasteiger partial charge in [-0.1, -0.05) is 30.3 Å². The van der Waals surface area contributed by atoms with E-state index in [0.29, 0.717) is 0 Å². The van der Waals surface area contributed by atoms with Crippen molar-refractivity contribution in [1.82, 2.24) is 15.4 Å². The number of anilines is 2. The lowest BCUT2D eigenvalue weighted by Crippen LogP contribution is -2.30. The maximum absolute atomic E-state index is 11.9. The number of nitro groups is 1. The van der Waals surface area contributed by atoms with Crippen LogP contribution in [0.5, 0.6) is 0 Å². The van der Waals surface area contributed by atoms with Crippen LogP contribution >= 0.6 is 0 Å². The highest BCUT2D eigenvalue weighted by atomic mass is 16.6. The van der Waals surface area contributed by atoms with Crippen molar-refractivity contribution in [3.63, 3.8) is 0 Å². The SMILES string of the molecule is CC(Nc1ncnc(NNC(=O)c2ccco2)c1[N+](=O)[O-])c1ccccc1. The number of hydrogen-bond acceptors (Lipinski definition) is 8. The second kappa shape index (κ2) is 7.95. The third-order valence-electron chi connectivity index (χ3n) is 3.70. The van der Waals surface area contributed by atoms with Crippen molar-refractivity contribution >= 4 is 23.2 Å².